The zero-order valence-electron chi connectivity index (χ0n) is 14.2. The average molecular weight is 326 g/mol. The second kappa shape index (κ2) is 6.47. The van der Waals surface area contributed by atoms with Gasteiger partial charge in [0.1, 0.15) is 0 Å². The molecule has 24 heavy (non-hydrogen) atoms. The van der Waals surface area contributed by atoms with Crippen LogP contribution in [-0.4, -0.2) is 33.5 Å². The van der Waals surface area contributed by atoms with E-state index in [0.717, 1.165) is 17.7 Å². The van der Waals surface area contributed by atoms with E-state index in [4.69, 9.17) is 0 Å². The number of hydrogen-bond acceptors (Lipinski definition) is 3. The molecule has 0 saturated carbocycles. The van der Waals surface area contributed by atoms with Crippen LogP contribution in [0.25, 0.3) is 0 Å². The van der Waals surface area contributed by atoms with Crippen molar-refractivity contribution < 1.29 is 9.59 Å². The molecule has 2 atom stereocenters. The van der Waals surface area contributed by atoms with Gasteiger partial charge in [0.25, 0.3) is 0 Å². The molecule has 6 nitrogen and oxygen atoms in total. The Morgan fingerprint density at radius 2 is 2.04 bits per heavy atom. The number of carbonyl (C=O) groups is 2. The first-order valence-electron chi connectivity index (χ1n) is 8.15. The minimum Gasteiger partial charge on any atom is -0.338 e. The summed E-state index contributed by atoms with van der Waals surface area (Å²) in [6, 6.07) is 7.76. The minimum absolute atomic E-state index is 0.00928. The van der Waals surface area contributed by atoms with E-state index in [-0.39, 0.29) is 24.3 Å². The fourth-order valence-electron chi connectivity index (χ4n) is 3.16. The van der Waals surface area contributed by atoms with Crippen molar-refractivity contribution in [3.05, 3.63) is 47.8 Å². The third-order valence-corrected chi connectivity index (χ3v) is 4.57. The van der Waals surface area contributed by atoms with E-state index < -0.39 is 5.92 Å². The molecule has 2 aromatic rings. The number of hydrogen-bond donors (Lipinski definition) is 1. The van der Waals surface area contributed by atoms with Gasteiger partial charge in [-0.3, -0.25) is 14.3 Å². The van der Waals surface area contributed by atoms with Gasteiger partial charge in [0, 0.05) is 26.2 Å². The summed E-state index contributed by atoms with van der Waals surface area (Å²) in [4.78, 5) is 26.6. The molecule has 1 saturated heterocycles. The maximum absolute atomic E-state index is 12.7. The molecule has 1 aromatic carbocycles. The molecule has 1 N–H and O–H groups in total. The Kier molecular flexibility index (Phi) is 4.38. The quantitative estimate of drug-likeness (QED) is 0.938. The van der Waals surface area contributed by atoms with Crippen molar-refractivity contribution in [3.8, 4) is 0 Å². The number of anilines is 1. The molecule has 3 rings (SSSR count). The highest BCUT2D eigenvalue weighted by atomic mass is 16.2. The van der Waals surface area contributed by atoms with Crippen LogP contribution < -0.4 is 5.32 Å². The fourth-order valence-corrected chi connectivity index (χ4v) is 3.16. The lowest BCUT2D eigenvalue weighted by molar-refractivity contribution is -0.127. The van der Waals surface area contributed by atoms with Gasteiger partial charge in [0.2, 0.25) is 11.8 Å². The van der Waals surface area contributed by atoms with Gasteiger partial charge in [-0.1, -0.05) is 29.8 Å². The Morgan fingerprint density at radius 1 is 1.33 bits per heavy atom. The lowest BCUT2D eigenvalue weighted by atomic mass is 9.92. The Balaban J connectivity index is 1.82. The van der Waals surface area contributed by atoms with Crippen LogP contribution in [0.4, 0.5) is 5.69 Å². The molecule has 2 heterocycles. The van der Waals surface area contributed by atoms with Crippen molar-refractivity contribution >= 4 is 17.5 Å². The summed E-state index contributed by atoms with van der Waals surface area (Å²) in [5.41, 5.74) is 2.79. The van der Waals surface area contributed by atoms with Gasteiger partial charge in [0.15, 0.2) is 0 Å². The van der Waals surface area contributed by atoms with Crippen molar-refractivity contribution in [1.29, 1.82) is 0 Å². The number of amides is 2. The molecule has 2 amide bonds. The van der Waals surface area contributed by atoms with Crippen molar-refractivity contribution in [2.24, 2.45) is 5.92 Å². The second-order valence-corrected chi connectivity index (χ2v) is 6.24. The van der Waals surface area contributed by atoms with E-state index in [1.807, 2.05) is 38.1 Å². The number of rotatable bonds is 4. The topological polar surface area (TPSA) is 67.2 Å². The summed E-state index contributed by atoms with van der Waals surface area (Å²) in [5, 5.41) is 7.05. The maximum Gasteiger partial charge on any atom is 0.230 e. The van der Waals surface area contributed by atoms with Gasteiger partial charge < -0.3 is 10.2 Å². The largest absolute Gasteiger partial charge is 0.338 e. The van der Waals surface area contributed by atoms with Crippen molar-refractivity contribution in [1.82, 2.24) is 14.7 Å². The Bertz CT molecular complexity index is 751. The van der Waals surface area contributed by atoms with Crippen LogP contribution in [0.3, 0.4) is 0 Å². The van der Waals surface area contributed by atoms with Gasteiger partial charge in [-0.25, -0.2) is 0 Å². The number of aromatic nitrogens is 2. The number of likely N-dealkylation sites (tertiary alicyclic amines) is 1. The molecule has 1 fully saturated rings. The third-order valence-electron chi connectivity index (χ3n) is 4.57. The van der Waals surface area contributed by atoms with Crippen LogP contribution in [0.5, 0.6) is 0 Å². The number of aryl methyl sites for hydroxylation is 2. The van der Waals surface area contributed by atoms with Crippen molar-refractivity contribution in [3.63, 3.8) is 0 Å². The maximum atomic E-state index is 12.7. The predicted molar refractivity (Wildman–Crippen MR) is 91.3 cm³/mol. The smallest absolute Gasteiger partial charge is 0.230 e. The highest BCUT2D eigenvalue weighted by Gasteiger charge is 2.42. The third kappa shape index (κ3) is 3.04. The summed E-state index contributed by atoms with van der Waals surface area (Å²) in [5.74, 6) is -0.561. The van der Waals surface area contributed by atoms with Gasteiger partial charge in [-0.05, 0) is 19.4 Å². The number of nitrogens with zero attached hydrogens (tertiary/aromatic N) is 3. The second-order valence-electron chi connectivity index (χ2n) is 6.24. The van der Waals surface area contributed by atoms with Crippen LogP contribution in [0.1, 0.15) is 30.5 Å². The number of carbonyl (C=O) groups excluding carboxylic acids is 2. The first-order chi connectivity index (χ1) is 11.5. The minimum atomic E-state index is -0.407. The van der Waals surface area contributed by atoms with Gasteiger partial charge in [-0.2, -0.15) is 5.10 Å². The van der Waals surface area contributed by atoms with Crippen molar-refractivity contribution in [2.45, 2.75) is 32.9 Å². The number of nitrogens with one attached hydrogen (secondary N) is 1. The number of benzene rings is 1. The van der Waals surface area contributed by atoms with E-state index in [1.54, 1.807) is 29.0 Å². The monoisotopic (exact) mass is 326 g/mol. The highest BCUT2D eigenvalue weighted by molar-refractivity contribution is 5.97. The summed E-state index contributed by atoms with van der Waals surface area (Å²) in [6.45, 7) is 4.74. The van der Waals surface area contributed by atoms with E-state index in [9.17, 15) is 9.59 Å². The molecule has 0 radical (unpaired) electrons. The van der Waals surface area contributed by atoms with E-state index in [0.29, 0.717) is 5.69 Å². The average Bonchev–Trinajstić information content (AvgIpc) is 3.14. The van der Waals surface area contributed by atoms with E-state index in [2.05, 4.69) is 10.4 Å². The molecule has 0 spiro atoms. The van der Waals surface area contributed by atoms with Crippen LogP contribution >= 0.6 is 0 Å². The van der Waals surface area contributed by atoms with Gasteiger partial charge in [0.05, 0.1) is 23.8 Å². The molecule has 126 valence electrons. The van der Waals surface area contributed by atoms with Crippen LogP contribution in [0.2, 0.25) is 0 Å². The molecule has 1 aliphatic rings. The lowest BCUT2D eigenvalue weighted by Gasteiger charge is -2.25. The van der Waals surface area contributed by atoms with E-state index in [1.165, 1.54) is 0 Å². The lowest BCUT2D eigenvalue weighted by Crippen LogP contribution is -2.29. The SMILES string of the molecule is CCn1cc(NC(=O)[C@@H]2CC(=O)N(C)[C@@H]2c2ccc(C)cc2)cn1. The molecule has 1 aromatic heterocycles. The Labute approximate surface area is 141 Å². The van der Waals surface area contributed by atoms with E-state index >= 15 is 0 Å². The summed E-state index contributed by atoms with van der Waals surface area (Å²) in [6.07, 6.45) is 3.64. The van der Waals surface area contributed by atoms with Gasteiger partial charge >= 0.3 is 0 Å². The first-order valence-corrected chi connectivity index (χ1v) is 8.15. The molecule has 6 heteroatoms. The molecule has 0 bridgehead atoms. The fraction of sp³-hybridized carbons (Fsp3) is 0.389. The molecular formula is C18H22N4O2. The molecule has 1 aliphatic heterocycles. The van der Waals surface area contributed by atoms with Crippen molar-refractivity contribution in [2.75, 3.05) is 12.4 Å². The zero-order valence-corrected chi connectivity index (χ0v) is 14.2. The Hall–Kier alpha value is -2.63. The zero-order chi connectivity index (χ0) is 17.3. The standard InChI is InChI=1S/C18H22N4O2/c1-4-22-11-14(10-19-22)20-18(24)15-9-16(23)21(3)17(15)13-7-5-12(2)6-8-13/h5-8,10-11,15,17H,4,9H2,1-3H3,(H,20,24)/t15-,17-/m1/s1. The highest BCUT2D eigenvalue weighted by Crippen LogP contribution is 2.37. The van der Waals surface area contributed by atoms with Gasteiger partial charge in [-0.15, -0.1) is 0 Å². The van der Waals surface area contributed by atoms with Crippen LogP contribution in [-0.2, 0) is 16.1 Å². The molecule has 0 aliphatic carbocycles. The molecular weight excluding hydrogens is 304 g/mol. The summed E-state index contributed by atoms with van der Waals surface area (Å²) < 4.78 is 1.75. The summed E-state index contributed by atoms with van der Waals surface area (Å²) >= 11 is 0. The Morgan fingerprint density at radius 3 is 2.67 bits per heavy atom. The molecule has 0 unspecified atom stereocenters. The normalized spacial score (nSPS) is 20.5. The first kappa shape index (κ1) is 16.2. The van der Waals surface area contributed by atoms with Crippen LogP contribution in [0.15, 0.2) is 36.7 Å². The predicted octanol–water partition coefficient (Wildman–Crippen LogP) is 2.37. The van der Waals surface area contributed by atoms with Crippen LogP contribution in [0, 0.1) is 12.8 Å². The summed E-state index contributed by atoms with van der Waals surface area (Å²) in [7, 11) is 1.76.